The SMILES string of the molecule is CC(C)[C@@H](CNS(C)(=O)=O)c1ccccc1. The normalized spacial score (nSPS) is 14.0. The lowest BCUT2D eigenvalue weighted by Crippen LogP contribution is -2.29. The van der Waals surface area contributed by atoms with Crippen LogP contribution in [0.1, 0.15) is 25.3 Å². The molecule has 1 N–H and O–H groups in total. The van der Waals surface area contributed by atoms with Crippen LogP contribution in [0.15, 0.2) is 30.3 Å². The van der Waals surface area contributed by atoms with Gasteiger partial charge in [0.2, 0.25) is 10.0 Å². The molecule has 0 unspecified atom stereocenters. The minimum absolute atomic E-state index is 0.218. The molecule has 1 rings (SSSR count). The van der Waals surface area contributed by atoms with Crippen LogP contribution in [0.4, 0.5) is 0 Å². The molecule has 0 aromatic heterocycles. The van der Waals surface area contributed by atoms with E-state index in [4.69, 9.17) is 0 Å². The molecular weight excluding hydrogens is 222 g/mol. The lowest BCUT2D eigenvalue weighted by atomic mass is 9.89. The Morgan fingerprint density at radius 3 is 2.19 bits per heavy atom. The van der Waals surface area contributed by atoms with Gasteiger partial charge in [-0.05, 0) is 17.4 Å². The van der Waals surface area contributed by atoms with Gasteiger partial charge in [0, 0.05) is 6.54 Å². The second-order valence-corrected chi connectivity index (χ2v) is 6.21. The van der Waals surface area contributed by atoms with Gasteiger partial charge in [0.15, 0.2) is 0 Å². The maximum Gasteiger partial charge on any atom is 0.208 e. The zero-order chi connectivity index (χ0) is 12.2. The minimum Gasteiger partial charge on any atom is -0.215 e. The summed E-state index contributed by atoms with van der Waals surface area (Å²) < 4.78 is 24.7. The van der Waals surface area contributed by atoms with E-state index in [1.54, 1.807) is 0 Å². The van der Waals surface area contributed by atoms with Crippen LogP contribution >= 0.6 is 0 Å². The Morgan fingerprint density at radius 2 is 1.75 bits per heavy atom. The summed E-state index contributed by atoms with van der Waals surface area (Å²) in [5.41, 5.74) is 1.17. The fourth-order valence-corrected chi connectivity index (χ4v) is 2.16. The van der Waals surface area contributed by atoms with E-state index in [2.05, 4.69) is 18.6 Å². The van der Waals surface area contributed by atoms with Crippen molar-refractivity contribution in [3.8, 4) is 0 Å². The first-order valence-corrected chi connectivity index (χ1v) is 7.29. The van der Waals surface area contributed by atoms with Gasteiger partial charge in [-0.15, -0.1) is 0 Å². The molecule has 0 aliphatic carbocycles. The van der Waals surface area contributed by atoms with E-state index in [0.717, 1.165) is 0 Å². The topological polar surface area (TPSA) is 46.2 Å². The third kappa shape index (κ3) is 4.33. The predicted molar refractivity (Wildman–Crippen MR) is 66.9 cm³/mol. The Balaban J connectivity index is 2.77. The van der Waals surface area contributed by atoms with Crippen molar-refractivity contribution >= 4 is 10.0 Å². The second kappa shape index (κ2) is 5.46. The standard InChI is InChI=1S/C12H19NO2S/c1-10(2)12(9-13-16(3,14)15)11-7-5-4-6-8-11/h4-8,10,12-13H,9H2,1-3H3/t12-/m1/s1. The van der Waals surface area contributed by atoms with Gasteiger partial charge in [-0.3, -0.25) is 0 Å². The lowest BCUT2D eigenvalue weighted by molar-refractivity contribution is 0.486. The Morgan fingerprint density at radius 1 is 1.19 bits per heavy atom. The Kier molecular flexibility index (Phi) is 4.50. The molecule has 90 valence electrons. The van der Waals surface area contributed by atoms with Gasteiger partial charge in [-0.2, -0.15) is 0 Å². The number of hydrogen-bond acceptors (Lipinski definition) is 2. The molecule has 3 nitrogen and oxygen atoms in total. The van der Waals surface area contributed by atoms with Crippen molar-refractivity contribution in [1.82, 2.24) is 4.72 Å². The first-order chi connectivity index (χ1) is 7.40. The molecule has 16 heavy (non-hydrogen) atoms. The molecule has 4 heteroatoms. The third-order valence-electron chi connectivity index (χ3n) is 2.60. The summed E-state index contributed by atoms with van der Waals surface area (Å²) in [6.45, 7) is 4.66. The smallest absolute Gasteiger partial charge is 0.208 e. The average molecular weight is 241 g/mol. The van der Waals surface area contributed by atoms with Crippen LogP contribution in [-0.4, -0.2) is 21.2 Å². The van der Waals surface area contributed by atoms with Gasteiger partial charge in [0.05, 0.1) is 6.26 Å². The van der Waals surface area contributed by atoms with Gasteiger partial charge in [0.1, 0.15) is 0 Å². The zero-order valence-electron chi connectivity index (χ0n) is 9.97. The van der Waals surface area contributed by atoms with Crippen molar-refractivity contribution < 1.29 is 8.42 Å². The van der Waals surface area contributed by atoms with Crippen LogP contribution in [0, 0.1) is 5.92 Å². The molecular formula is C12H19NO2S. The van der Waals surface area contributed by atoms with E-state index in [1.165, 1.54) is 11.8 Å². The van der Waals surface area contributed by atoms with E-state index >= 15 is 0 Å². The molecule has 1 aromatic rings. The fraction of sp³-hybridized carbons (Fsp3) is 0.500. The van der Waals surface area contributed by atoms with Crippen LogP contribution in [0.5, 0.6) is 0 Å². The Hall–Kier alpha value is -0.870. The van der Waals surface area contributed by atoms with Crippen molar-refractivity contribution in [3.63, 3.8) is 0 Å². The maximum absolute atomic E-state index is 11.1. The summed E-state index contributed by atoms with van der Waals surface area (Å²) in [5, 5.41) is 0. The largest absolute Gasteiger partial charge is 0.215 e. The summed E-state index contributed by atoms with van der Waals surface area (Å²) >= 11 is 0. The molecule has 1 atom stereocenters. The van der Waals surface area contributed by atoms with E-state index in [9.17, 15) is 8.42 Å². The Bertz CT molecular complexity index is 412. The van der Waals surface area contributed by atoms with Gasteiger partial charge in [0.25, 0.3) is 0 Å². The minimum atomic E-state index is -3.11. The number of benzene rings is 1. The molecule has 0 radical (unpaired) electrons. The molecule has 0 spiro atoms. The van der Waals surface area contributed by atoms with Crippen LogP contribution in [0.25, 0.3) is 0 Å². The van der Waals surface area contributed by atoms with Gasteiger partial charge < -0.3 is 0 Å². The van der Waals surface area contributed by atoms with Gasteiger partial charge in [-0.1, -0.05) is 44.2 Å². The highest BCUT2D eigenvalue weighted by atomic mass is 32.2. The van der Waals surface area contributed by atoms with E-state index in [-0.39, 0.29) is 5.92 Å². The number of rotatable bonds is 5. The van der Waals surface area contributed by atoms with Crippen molar-refractivity contribution in [1.29, 1.82) is 0 Å². The number of sulfonamides is 1. The summed E-state index contributed by atoms with van der Waals surface area (Å²) in [7, 11) is -3.11. The molecule has 1 aromatic carbocycles. The van der Waals surface area contributed by atoms with E-state index in [1.807, 2.05) is 30.3 Å². The van der Waals surface area contributed by atoms with Crippen molar-refractivity contribution in [2.24, 2.45) is 5.92 Å². The van der Waals surface area contributed by atoms with Crippen LogP contribution < -0.4 is 4.72 Å². The highest BCUT2D eigenvalue weighted by Crippen LogP contribution is 2.23. The van der Waals surface area contributed by atoms with Crippen LogP contribution in [-0.2, 0) is 10.0 Å². The zero-order valence-corrected chi connectivity index (χ0v) is 10.8. The molecule has 0 aliphatic rings. The Labute approximate surface area is 97.9 Å². The third-order valence-corrected chi connectivity index (χ3v) is 3.29. The molecule has 0 amide bonds. The van der Waals surface area contributed by atoms with Gasteiger partial charge >= 0.3 is 0 Å². The van der Waals surface area contributed by atoms with Crippen LogP contribution in [0.2, 0.25) is 0 Å². The molecule has 0 saturated heterocycles. The second-order valence-electron chi connectivity index (χ2n) is 4.38. The van der Waals surface area contributed by atoms with Gasteiger partial charge in [-0.25, -0.2) is 13.1 Å². The van der Waals surface area contributed by atoms with Crippen molar-refractivity contribution in [2.45, 2.75) is 19.8 Å². The molecule has 0 bridgehead atoms. The highest BCUT2D eigenvalue weighted by molar-refractivity contribution is 7.88. The van der Waals surface area contributed by atoms with Crippen molar-refractivity contribution in [3.05, 3.63) is 35.9 Å². The van der Waals surface area contributed by atoms with Crippen molar-refractivity contribution in [2.75, 3.05) is 12.8 Å². The lowest BCUT2D eigenvalue weighted by Gasteiger charge is -2.21. The maximum atomic E-state index is 11.1. The molecule has 0 aliphatic heterocycles. The molecule has 0 saturated carbocycles. The molecule has 0 fully saturated rings. The van der Waals surface area contributed by atoms with E-state index in [0.29, 0.717) is 12.5 Å². The summed E-state index contributed by atoms with van der Waals surface area (Å²) in [6.07, 6.45) is 1.19. The summed E-state index contributed by atoms with van der Waals surface area (Å²) in [5.74, 6) is 0.618. The fourth-order valence-electron chi connectivity index (χ4n) is 1.68. The predicted octanol–water partition coefficient (Wildman–Crippen LogP) is 1.98. The first-order valence-electron chi connectivity index (χ1n) is 5.39. The number of hydrogen-bond donors (Lipinski definition) is 1. The summed E-state index contributed by atoms with van der Waals surface area (Å²) in [4.78, 5) is 0. The molecule has 0 heterocycles. The first kappa shape index (κ1) is 13.2. The summed E-state index contributed by atoms with van der Waals surface area (Å²) in [6, 6.07) is 9.99. The average Bonchev–Trinajstić information content (AvgIpc) is 2.17. The number of nitrogens with one attached hydrogen (secondary N) is 1. The monoisotopic (exact) mass is 241 g/mol. The van der Waals surface area contributed by atoms with Crippen LogP contribution in [0.3, 0.4) is 0 Å². The van der Waals surface area contributed by atoms with E-state index < -0.39 is 10.0 Å². The highest BCUT2D eigenvalue weighted by Gasteiger charge is 2.16. The quantitative estimate of drug-likeness (QED) is 0.856.